The molecule has 0 radical (unpaired) electrons. The second-order valence-corrected chi connectivity index (χ2v) is 4.41. The van der Waals surface area contributed by atoms with Crippen LogP contribution in [0.1, 0.15) is 29.3 Å². The molecule has 0 saturated heterocycles. The van der Waals surface area contributed by atoms with Gasteiger partial charge in [-0.2, -0.15) is 0 Å². The molecule has 5 heteroatoms. The molecule has 0 spiro atoms. The van der Waals surface area contributed by atoms with Crippen LogP contribution >= 0.6 is 0 Å². The topological polar surface area (TPSA) is 78.4 Å². The summed E-state index contributed by atoms with van der Waals surface area (Å²) in [5.74, 6) is -0.598. The summed E-state index contributed by atoms with van der Waals surface area (Å²) in [7, 11) is 0. The molecule has 1 rings (SSSR count). The standard InChI is InChI=1S/C14H20N2O3/c1-3-12(17)8-15-13(18)9-16-14(19)11-6-4-10(2)5-7-11/h4-7,12,17H,3,8-9H2,1-2H3,(H,15,18)(H,16,19). The maximum absolute atomic E-state index is 11.7. The third-order valence-electron chi connectivity index (χ3n) is 2.73. The Morgan fingerprint density at radius 1 is 1.21 bits per heavy atom. The Morgan fingerprint density at radius 2 is 1.84 bits per heavy atom. The number of aliphatic hydroxyl groups is 1. The van der Waals surface area contributed by atoms with Crippen LogP contribution in [0.4, 0.5) is 0 Å². The maximum Gasteiger partial charge on any atom is 0.251 e. The van der Waals surface area contributed by atoms with Crippen molar-refractivity contribution in [2.75, 3.05) is 13.1 Å². The Labute approximate surface area is 113 Å². The number of hydrogen-bond acceptors (Lipinski definition) is 3. The van der Waals surface area contributed by atoms with E-state index in [2.05, 4.69) is 10.6 Å². The Balaban J connectivity index is 2.34. The molecule has 0 bridgehead atoms. The van der Waals surface area contributed by atoms with Gasteiger partial charge in [0.15, 0.2) is 0 Å². The predicted octanol–water partition coefficient (Wildman–Crippen LogP) is 0.612. The average Bonchev–Trinajstić information content (AvgIpc) is 2.42. The molecule has 1 unspecified atom stereocenters. The van der Waals surface area contributed by atoms with Crippen molar-refractivity contribution in [1.82, 2.24) is 10.6 Å². The van der Waals surface area contributed by atoms with E-state index in [1.165, 1.54) is 0 Å². The van der Waals surface area contributed by atoms with Crippen molar-refractivity contribution in [2.24, 2.45) is 0 Å². The highest BCUT2D eigenvalue weighted by molar-refractivity contribution is 5.96. The number of rotatable bonds is 6. The maximum atomic E-state index is 11.7. The number of aryl methyl sites for hydroxylation is 1. The van der Waals surface area contributed by atoms with E-state index in [1.807, 2.05) is 26.0 Å². The van der Waals surface area contributed by atoms with E-state index in [9.17, 15) is 14.7 Å². The van der Waals surface area contributed by atoms with Crippen LogP contribution in [0.3, 0.4) is 0 Å². The molecule has 1 aromatic rings. The van der Waals surface area contributed by atoms with Crippen molar-refractivity contribution in [3.05, 3.63) is 35.4 Å². The van der Waals surface area contributed by atoms with Crippen molar-refractivity contribution >= 4 is 11.8 Å². The summed E-state index contributed by atoms with van der Waals surface area (Å²) in [6.07, 6.45) is 0.0347. The lowest BCUT2D eigenvalue weighted by molar-refractivity contribution is -0.120. The first-order chi connectivity index (χ1) is 9.02. The van der Waals surface area contributed by atoms with Crippen LogP contribution in [0.5, 0.6) is 0 Å². The summed E-state index contributed by atoms with van der Waals surface area (Å²) >= 11 is 0. The van der Waals surface area contributed by atoms with Gasteiger partial charge in [0, 0.05) is 12.1 Å². The first kappa shape index (κ1) is 15.2. The lowest BCUT2D eigenvalue weighted by atomic mass is 10.1. The fraction of sp³-hybridized carbons (Fsp3) is 0.429. The zero-order chi connectivity index (χ0) is 14.3. The summed E-state index contributed by atoms with van der Waals surface area (Å²) in [6, 6.07) is 7.10. The predicted molar refractivity (Wildman–Crippen MR) is 72.8 cm³/mol. The van der Waals surface area contributed by atoms with E-state index in [-0.39, 0.29) is 24.9 Å². The lowest BCUT2D eigenvalue weighted by Gasteiger charge is -2.10. The fourth-order valence-electron chi connectivity index (χ4n) is 1.41. The molecular formula is C14H20N2O3. The third kappa shape index (κ3) is 5.52. The summed E-state index contributed by atoms with van der Waals surface area (Å²) in [5, 5.41) is 14.4. The highest BCUT2D eigenvalue weighted by Crippen LogP contribution is 2.02. The van der Waals surface area contributed by atoms with Crippen molar-refractivity contribution in [1.29, 1.82) is 0 Å². The quantitative estimate of drug-likeness (QED) is 0.704. The van der Waals surface area contributed by atoms with Crippen molar-refractivity contribution in [3.63, 3.8) is 0 Å². The van der Waals surface area contributed by atoms with Crippen LogP contribution in [-0.2, 0) is 4.79 Å². The van der Waals surface area contributed by atoms with Gasteiger partial charge in [-0.15, -0.1) is 0 Å². The summed E-state index contributed by atoms with van der Waals surface area (Å²) in [6.45, 7) is 3.88. The Morgan fingerprint density at radius 3 is 2.42 bits per heavy atom. The average molecular weight is 264 g/mol. The van der Waals surface area contributed by atoms with E-state index in [4.69, 9.17) is 0 Å². The molecule has 0 saturated carbocycles. The minimum Gasteiger partial charge on any atom is -0.391 e. The largest absolute Gasteiger partial charge is 0.391 e. The third-order valence-corrected chi connectivity index (χ3v) is 2.73. The first-order valence-electron chi connectivity index (χ1n) is 6.32. The molecule has 0 aromatic heterocycles. The van der Waals surface area contributed by atoms with E-state index in [1.54, 1.807) is 12.1 Å². The number of amides is 2. The molecule has 3 N–H and O–H groups in total. The molecule has 19 heavy (non-hydrogen) atoms. The number of aliphatic hydroxyl groups excluding tert-OH is 1. The highest BCUT2D eigenvalue weighted by atomic mass is 16.3. The first-order valence-corrected chi connectivity index (χ1v) is 6.32. The SMILES string of the molecule is CCC(O)CNC(=O)CNC(=O)c1ccc(C)cc1. The van der Waals surface area contributed by atoms with E-state index in [0.717, 1.165) is 5.56 Å². The van der Waals surface area contributed by atoms with Crippen LogP contribution < -0.4 is 10.6 Å². The molecule has 1 aromatic carbocycles. The zero-order valence-corrected chi connectivity index (χ0v) is 11.3. The number of benzene rings is 1. The van der Waals surface area contributed by atoms with E-state index >= 15 is 0 Å². The second kappa shape index (κ2) is 7.53. The molecule has 0 aliphatic heterocycles. The zero-order valence-electron chi connectivity index (χ0n) is 11.3. The van der Waals surface area contributed by atoms with Crippen LogP contribution in [0, 0.1) is 6.92 Å². The van der Waals surface area contributed by atoms with Gasteiger partial charge in [-0.1, -0.05) is 24.6 Å². The normalized spacial score (nSPS) is 11.7. The van der Waals surface area contributed by atoms with Gasteiger partial charge in [-0.05, 0) is 25.5 Å². The van der Waals surface area contributed by atoms with E-state index < -0.39 is 6.10 Å². The summed E-state index contributed by atoms with van der Waals surface area (Å²) in [5.41, 5.74) is 1.59. The minimum absolute atomic E-state index is 0.0941. The minimum atomic E-state index is -0.545. The van der Waals surface area contributed by atoms with Crippen molar-refractivity contribution < 1.29 is 14.7 Å². The summed E-state index contributed by atoms with van der Waals surface area (Å²) < 4.78 is 0. The lowest BCUT2D eigenvalue weighted by Crippen LogP contribution is -2.39. The van der Waals surface area contributed by atoms with Crippen LogP contribution in [-0.4, -0.2) is 36.1 Å². The van der Waals surface area contributed by atoms with Crippen molar-refractivity contribution in [3.8, 4) is 0 Å². The molecule has 0 heterocycles. The van der Waals surface area contributed by atoms with Crippen LogP contribution in [0.2, 0.25) is 0 Å². The molecule has 5 nitrogen and oxygen atoms in total. The summed E-state index contributed by atoms with van der Waals surface area (Å²) in [4.78, 5) is 23.1. The Hall–Kier alpha value is -1.88. The van der Waals surface area contributed by atoms with E-state index in [0.29, 0.717) is 12.0 Å². The van der Waals surface area contributed by atoms with Gasteiger partial charge in [0.2, 0.25) is 5.91 Å². The van der Waals surface area contributed by atoms with Gasteiger partial charge in [0.1, 0.15) is 0 Å². The molecule has 0 aliphatic carbocycles. The van der Waals surface area contributed by atoms with Crippen molar-refractivity contribution in [2.45, 2.75) is 26.4 Å². The van der Waals surface area contributed by atoms with Crippen LogP contribution in [0.15, 0.2) is 24.3 Å². The molecule has 0 fully saturated rings. The molecule has 2 amide bonds. The number of hydrogen-bond donors (Lipinski definition) is 3. The second-order valence-electron chi connectivity index (χ2n) is 4.41. The smallest absolute Gasteiger partial charge is 0.251 e. The van der Waals surface area contributed by atoms with Gasteiger partial charge < -0.3 is 15.7 Å². The van der Waals surface area contributed by atoms with Crippen LogP contribution in [0.25, 0.3) is 0 Å². The number of nitrogens with one attached hydrogen (secondary N) is 2. The van der Waals surface area contributed by atoms with Gasteiger partial charge >= 0.3 is 0 Å². The van der Waals surface area contributed by atoms with Gasteiger partial charge in [-0.3, -0.25) is 9.59 Å². The number of carbonyl (C=O) groups is 2. The Bertz CT molecular complexity index is 429. The van der Waals surface area contributed by atoms with Gasteiger partial charge in [0.05, 0.1) is 12.6 Å². The molecular weight excluding hydrogens is 244 g/mol. The molecule has 104 valence electrons. The number of carbonyl (C=O) groups excluding carboxylic acids is 2. The monoisotopic (exact) mass is 264 g/mol. The highest BCUT2D eigenvalue weighted by Gasteiger charge is 2.08. The fourth-order valence-corrected chi connectivity index (χ4v) is 1.41. The molecule has 0 aliphatic rings. The Kier molecular flexibility index (Phi) is 6.02. The van der Waals surface area contributed by atoms with Gasteiger partial charge in [-0.25, -0.2) is 0 Å². The molecule has 1 atom stereocenters. The van der Waals surface area contributed by atoms with Gasteiger partial charge in [0.25, 0.3) is 5.91 Å².